The van der Waals surface area contributed by atoms with E-state index in [0.29, 0.717) is 35.3 Å². The number of anilines is 2. The van der Waals surface area contributed by atoms with Crippen LogP contribution in [0.15, 0.2) is 64.4 Å². The van der Waals surface area contributed by atoms with Crippen molar-refractivity contribution in [1.82, 2.24) is 24.2 Å². The van der Waals surface area contributed by atoms with Gasteiger partial charge in [-0.2, -0.15) is 0 Å². The van der Waals surface area contributed by atoms with Crippen LogP contribution in [0.25, 0.3) is 11.0 Å². The summed E-state index contributed by atoms with van der Waals surface area (Å²) in [5.41, 5.74) is 2.01. The van der Waals surface area contributed by atoms with E-state index in [0.717, 1.165) is 27.6 Å². The second-order valence-corrected chi connectivity index (χ2v) is 11.3. The maximum atomic E-state index is 13.3. The van der Waals surface area contributed by atoms with Crippen molar-refractivity contribution in [1.29, 1.82) is 0 Å². The molecule has 0 aliphatic carbocycles. The highest BCUT2D eigenvalue weighted by molar-refractivity contribution is 9.10. The Bertz CT molecular complexity index is 1490. The zero-order valence-electron chi connectivity index (χ0n) is 19.5. The van der Waals surface area contributed by atoms with Gasteiger partial charge in [0, 0.05) is 30.3 Å². The average Bonchev–Trinajstić information content (AvgIpc) is 3.26. The molecule has 3 aromatic heterocycles. The highest BCUT2D eigenvalue weighted by atomic mass is 79.9. The van der Waals surface area contributed by atoms with Crippen LogP contribution in [0.2, 0.25) is 0 Å². The lowest BCUT2D eigenvalue weighted by molar-refractivity contribution is 0.352. The second kappa shape index (κ2) is 10.1. The number of piperazine rings is 1. The quantitative estimate of drug-likeness (QED) is 0.346. The summed E-state index contributed by atoms with van der Waals surface area (Å²) in [5, 5.41) is 6.97. The Morgan fingerprint density at radius 2 is 2.00 bits per heavy atom. The number of benzene rings is 1. The SMILES string of the molecule is Cc1ccc(S(=O)(=O)n2cc(Br)c3c(NCc4cccc(N5CCNC(CF)C5)n4)ncnc32)cc1. The first-order chi connectivity index (χ1) is 17.4. The number of aryl methyl sites for hydroxylation is 1. The smallest absolute Gasteiger partial charge is 0.269 e. The molecule has 1 atom stereocenters. The minimum absolute atomic E-state index is 0.176. The molecule has 0 saturated carbocycles. The van der Waals surface area contributed by atoms with Crippen LogP contribution in [0.4, 0.5) is 16.0 Å². The topological polar surface area (TPSA) is 105 Å². The molecule has 1 unspecified atom stereocenters. The molecule has 0 bridgehead atoms. The van der Waals surface area contributed by atoms with Gasteiger partial charge in [0.25, 0.3) is 10.0 Å². The van der Waals surface area contributed by atoms with E-state index in [4.69, 9.17) is 4.98 Å². The Labute approximate surface area is 217 Å². The van der Waals surface area contributed by atoms with Gasteiger partial charge >= 0.3 is 0 Å². The molecule has 1 aliphatic heterocycles. The molecule has 2 N–H and O–H groups in total. The number of pyridine rings is 1. The summed E-state index contributed by atoms with van der Waals surface area (Å²) in [6.45, 7) is 3.86. The van der Waals surface area contributed by atoms with Crippen molar-refractivity contribution < 1.29 is 12.8 Å². The number of halogens is 2. The normalized spacial score (nSPS) is 16.4. The summed E-state index contributed by atoms with van der Waals surface area (Å²) >= 11 is 3.48. The lowest BCUT2D eigenvalue weighted by atomic mass is 10.2. The third-order valence-electron chi connectivity index (χ3n) is 6.08. The molecular weight excluding hydrogens is 549 g/mol. The van der Waals surface area contributed by atoms with Gasteiger partial charge in [-0.05, 0) is 47.1 Å². The van der Waals surface area contributed by atoms with Crippen LogP contribution in [0.5, 0.6) is 0 Å². The molecule has 1 aliphatic rings. The number of fused-ring (bicyclic) bond motifs is 1. The lowest BCUT2D eigenvalue weighted by Gasteiger charge is -2.33. The van der Waals surface area contributed by atoms with E-state index >= 15 is 0 Å². The highest BCUT2D eigenvalue weighted by Gasteiger charge is 2.24. The van der Waals surface area contributed by atoms with Gasteiger partial charge in [0.05, 0.1) is 28.6 Å². The molecule has 1 fully saturated rings. The lowest BCUT2D eigenvalue weighted by Crippen LogP contribution is -2.52. The number of alkyl halides is 1. The minimum atomic E-state index is -3.85. The fourth-order valence-corrected chi connectivity index (χ4v) is 6.21. The predicted molar refractivity (Wildman–Crippen MR) is 141 cm³/mol. The van der Waals surface area contributed by atoms with Crippen molar-refractivity contribution in [2.75, 3.05) is 36.5 Å². The number of nitrogens with one attached hydrogen (secondary N) is 2. The van der Waals surface area contributed by atoms with Crippen LogP contribution in [0, 0.1) is 6.92 Å². The van der Waals surface area contributed by atoms with Crippen LogP contribution in [-0.2, 0) is 16.6 Å². The molecule has 0 spiro atoms. The minimum Gasteiger partial charge on any atom is -0.364 e. The number of nitrogens with zero attached hydrogens (tertiary/aromatic N) is 5. The van der Waals surface area contributed by atoms with Gasteiger partial charge in [-0.25, -0.2) is 31.7 Å². The van der Waals surface area contributed by atoms with Gasteiger partial charge in [0.2, 0.25) is 0 Å². The zero-order valence-corrected chi connectivity index (χ0v) is 21.9. The van der Waals surface area contributed by atoms with Gasteiger partial charge in [-0.3, -0.25) is 0 Å². The standard InChI is InChI=1S/C24H25BrFN7O2S/c1-16-5-7-19(8-6-16)36(34,35)33-14-20(25)22-23(29-15-30-24(22)33)28-12-17-3-2-4-21(31-17)32-10-9-27-18(11-26)13-32/h2-8,14-15,18,27H,9-13H2,1H3,(H,28,29,30). The molecule has 12 heteroatoms. The summed E-state index contributed by atoms with van der Waals surface area (Å²) in [5.74, 6) is 1.27. The van der Waals surface area contributed by atoms with Crippen molar-refractivity contribution in [3.63, 3.8) is 0 Å². The van der Waals surface area contributed by atoms with Crippen LogP contribution in [0.3, 0.4) is 0 Å². The van der Waals surface area contributed by atoms with E-state index in [1.807, 2.05) is 25.1 Å². The molecule has 188 valence electrons. The summed E-state index contributed by atoms with van der Waals surface area (Å²) < 4.78 is 41.5. The Hall–Kier alpha value is -3.09. The molecule has 5 rings (SSSR count). The van der Waals surface area contributed by atoms with E-state index in [1.54, 1.807) is 24.3 Å². The van der Waals surface area contributed by atoms with Crippen LogP contribution < -0.4 is 15.5 Å². The van der Waals surface area contributed by atoms with Crippen molar-refractivity contribution >= 4 is 48.6 Å². The Morgan fingerprint density at radius 3 is 2.78 bits per heavy atom. The molecular formula is C24H25BrFN7O2S. The highest BCUT2D eigenvalue weighted by Crippen LogP contribution is 2.32. The molecule has 36 heavy (non-hydrogen) atoms. The first-order valence-corrected chi connectivity index (χ1v) is 13.7. The van der Waals surface area contributed by atoms with Gasteiger partial charge < -0.3 is 15.5 Å². The predicted octanol–water partition coefficient (Wildman–Crippen LogP) is 3.49. The molecule has 4 aromatic rings. The fraction of sp³-hybridized carbons (Fsp3) is 0.292. The maximum Gasteiger partial charge on any atom is 0.269 e. The summed E-state index contributed by atoms with van der Waals surface area (Å²) in [6, 6.07) is 12.2. The van der Waals surface area contributed by atoms with E-state index in [-0.39, 0.29) is 16.6 Å². The first-order valence-electron chi connectivity index (χ1n) is 11.4. The summed E-state index contributed by atoms with van der Waals surface area (Å²) in [6.07, 6.45) is 2.82. The van der Waals surface area contributed by atoms with Crippen LogP contribution >= 0.6 is 15.9 Å². The fourth-order valence-electron chi connectivity index (χ4n) is 4.19. The molecule has 4 heterocycles. The van der Waals surface area contributed by atoms with Crippen molar-refractivity contribution in [3.8, 4) is 0 Å². The molecule has 0 amide bonds. The third kappa shape index (κ3) is 4.80. The van der Waals surface area contributed by atoms with Crippen LogP contribution in [0.1, 0.15) is 11.3 Å². The molecule has 1 aromatic carbocycles. The van der Waals surface area contributed by atoms with Crippen LogP contribution in [-0.4, -0.2) is 59.7 Å². The Kier molecular flexibility index (Phi) is 6.91. The monoisotopic (exact) mass is 573 g/mol. The van der Waals surface area contributed by atoms with Gasteiger partial charge in [0.1, 0.15) is 24.6 Å². The number of hydrogen-bond donors (Lipinski definition) is 2. The van der Waals surface area contributed by atoms with E-state index in [1.165, 1.54) is 12.5 Å². The average molecular weight is 574 g/mol. The first kappa shape index (κ1) is 24.6. The Morgan fingerprint density at radius 1 is 1.19 bits per heavy atom. The summed E-state index contributed by atoms with van der Waals surface area (Å²) in [4.78, 5) is 15.6. The van der Waals surface area contributed by atoms with Crippen molar-refractivity contribution in [2.24, 2.45) is 0 Å². The van der Waals surface area contributed by atoms with Gasteiger partial charge in [-0.1, -0.05) is 23.8 Å². The number of rotatable bonds is 7. The largest absolute Gasteiger partial charge is 0.364 e. The van der Waals surface area contributed by atoms with Gasteiger partial charge in [0.15, 0.2) is 5.65 Å². The van der Waals surface area contributed by atoms with E-state index in [2.05, 4.69) is 41.4 Å². The summed E-state index contributed by atoms with van der Waals surface area (Å²) in [7, 11) is -3.85. The molecule has 9 nitrogen and oxygen atoms in total. The second-order valence-electron chi connectivity index (χ2n) is 8.60. The number of aromatic nitrogens is 4. The van der Waals surface area contributed by atoms with Crippen molar-refractivity contribution in [3.05, 3.63) is 70.7 Å². The Balaban J connectivity index is 1.41. The van der Waals surface area contributed by atoms with E-state index < -0.39 is 16.7 Å². The number of hydrogen-bond acceptors (Lipinski definition) is 8. The maximum absolute atomic E-state index is 13.3. The third-order valence-corrected chi connectivity index (χ3v) is 8.34. The zero-order chi connectivity index (χ0) is 25.3. The van der Waals surface area contributed by atoms with Crippen molar-refractivity contribution in [2.45, 2.75) is 24.4 Å². The molecule has 1 saturated heterocycles. The van der Waals surface area contributed by atoms with E-state index in [9.17, 15) is 12.8 Å². The molecule has 0 radical (unpaired) electrons. The van der Waals surface area contributed by atoms with Gasteiger partial charge in [-0.15, -0.1) is 0 Å².